The van der Waals surface area contributed by atoms with E-state index in [1.807, 2.05) is 45.2 Å². The first-order valence-electron chi connectivity index (χ1n) is 13.5. The molecule has 2 heterocycles. The molecule has 1 aromatic heterocycles. The molecule has 212 valence electrons. The molecule has 2 N–H and O–H groups in total. The summed E-state index contributed by atoms with van der Waals surface area (Å²) in [5.74, 6) is 0.531. The fourth-order valence-electron chi connectivity index (χ4n) is 4.57. The van der Waals surface area contributed by atoms with Crippen LogP contribution in [0.5, 0.6) is 11.5 Å². The highest BCUT2D eigenvalue weighted by Gasteiger charge is 2.38. The van der Waals surface area contributed by atoms with E-state index in [9.17, 15) is 14.7 Å². The third-order valence-corrected chi connectivity index (χ3v) is 6.59. The smallest absolute Gasteiger partial charge is 0.249 e. The number of imidazole rings is 1. The Bertz CT molecular complexity index is 1180. The van der Waals surface area contributed by atoms with Crippen molar-refractivity contribution in [1.29, 1.82) is 0 Å². The van der Waals surface area contributed by atoms with Gasteiger partial charge in [0.05, 0.1) is 19.1 Å². The lowest BCUT2D eigenvalue weighted by Gasteiger charge is -2.38. The van der Waals surface area contributed by atoms with Gasteiger partial charge in [-0.3, -0.25) is 9.59 Å². The van der Waals surface area contributed by atoms with E-state index in [0.717, 1.165) is 16.9 Å². The van der Waals surface area contributed by atoms with Gasteiger partial charge in [0.15, 0.2) is 6.04 Å². The second-order valence-electron chi connectivity index (χ2n) is 9.24. The zero-order valence-electron chi connectivity index (χ0n) is 23.3. The summed E-state index contributed by atoms with van der Waals surface area (Å²) in [6, 6.07) is 13.3. The number of amides is 2. The predicted octanol–water partition coefficient (Wildman–Crippen LogP) is 4.40. The molecule has 2 amide bonds. The maximum Gasteiger partial charge on any atom is 0.249 e. The molecule has 1 saturated heterocycles. The first-order valence-corrected chi connectivity index (χ1v) is 13.5. The second kappa shape index (κ2) is 14.9. The minimum Gasteiger partial charge on any atom is -0.508 e. The third kappa shape index (κ3) is 8.32. The molecule has 0 spiro atoms. The zero-order chi connectivity index (χ0) is 28.2. The minimum absolute atomic E-state index is 0. The molecule has 1 aliphatic heterocycles. The van der Waals surface area contributed by atoms with Crippen LogP contribution < -0.4 is 10.1 Å². The molecule has 1 fully saturated rings. The fraction of sp³-hybridized carbons (Fsp3) is 0.433. The fourth-order valence-corrected chi connectivity index (χ4v) is 4.57. The molecule has 0 radical (unpaired) electrons. The van der Waals surface area contributed by atoms with Gasteiger partial charge in [0, 0.05) is 46.9 Å². The Balaban J connectivity index is 0.00000183. The van der Waals surface area contributed by atoms with Gasteiger partial charge in [0.25, 0.3) is 0 Å². The van der Waals surface area contributed by atoms with Crippen molar-refractivity contribution in [3.63, 3.8) is 0 Å². The Morgan fingerprint density at radius 2 is 1.77 bits per heavy atom. The van der Waals surface area contributed by atoms with E-state index >= 15 is 0 Å². The number of rotatable bonds is 10. The summed E-state index contributed by atoms with van der Waals surface area (Å²) in [4.78, 5) is 33.7. The highest BCUT2D eigenvalue weighted by Crippen LogP contribution is 2.28. The van der Waals surface area contributed by atoms with Crippen molar-refractivity contribution in [3.05, 3.63) is 77.9 Å². The van der Waals surface area contributed by atoms with Crippen LogP contribution in [-0.2, 0) is 34.3 Å². The second-order valence-corrected chi connectivity index (χ2v) is 9.24. The van der Waals surface area contributed by atoms with Crippen molar-refractivity contribution in [2.75, 3.05) is 20.3 Å². The Morgan fingerprint density at radius 3 is 2.36 bits per heavy atom. The van der Waals surface area contributed by atoms with Crippen LogP contribution in [0.4, 0.5) is 0 Å². The summed E-state index contributed by atoms with van der Waals surface area (Å²) in [6.45, 7) is 5.39. The van der Waals surface area contributed by atoms with Crippen molar-refractivity contribution in [2.24, 2.45) is 7.05 Å². The highest BCUT2D eigenvalue weighted by molar-refractivity contribution is 5.88. The molecule has 9 nitrogen and oxygen atoms in total. The number of ether oxygens (including phenoxy) is 2. The molecule has 9 heteroatoms. The van der Waals surface area contributed by atoms with Crippen LogP contribution in [0.1, 0.15) is 57.4 Å². The van der Waals surface area contributed by atoms with Gasteiger partial charge in [-0.05, 0) is 54.7 Å². The number of phenols is 1. The summed E-state index contributed by atoms with van der Waals surface area (Å²) in [7, 11) is 3.45. The number of nitrogens with one attached hydrogen (secondary N) is 1. The monoisotopic (exact) mass is 538 g/mol. The standard InChI is InChI=1S/C28H34N4O5.C2H6.H2/c1-31-18-25(30-19-31)27(28(35)29-17-21-5-10-24(36-2)11-6-21)32(22-13-15-37-16-14-22)26(34)12-7-20-3-8-23(33)9-4-20;1-2;/h3-6,8-11,18-19,22,27,33H,7,12-17H2,1-2H3,(H,29,35);1-2H3;1H. The molecule has 2 aromatic carbocycles. The number of aromatic hydroxyl groups is 1. The van der Waals surface area contributed by atoms with E-state index < -0.39 is 6.04 Å². The summed E-state index contributed by atoms with van der Waals surface area (Å²) in [5, 5.41) is 12.6. The largest absolute Gasteiger partial charge is 0.508 e. The van der Waals surface area contributed by atoms with E-state index in [2.05, 4.69) is 10.3 Å². The van der Waals surface area contributed by atoms with Crippen LogP contribution in [0, 0.1) is 0 Å². The van der Waals surface area contributed by atoms with E-state index in [1.165, 1.54) is 0 Å². The zero-order valence-corrected chi connectivity index (χ0v) is 23.3. The van der Waals surface area contributed by atoms with Crippen LogP contribution in [0.3, 0.4) is 0 Å². The normalized spacial score (nSPS) is 14.1. The Labute approximate surface area is 232 Å². The van der Waals surface area contributed by atoms with Crippen molar-refractivity contribution in [1.82, 2.24) is 19.8 Å². The van der Waals surface area contributed by atoms with Crippen molar-refractivity contribution in [3.8, 4) is 11.5 Å². The molecule has 1 aliphatic rings. The number of benzene rings is 2. The predicted molar refractivity (Wildman–Crippen MR) is 151 cm³/mol. The lowest BCUT2D eigenvalue weighted by molar-refractivity contribution is -0.146. The van der Waals surface area contributed by atoms with Crippen LogP contribution in [0.2, 0.25) is 0 Å². The van der Waals surface area contributed by atoms with Gasteiger partial charge >= 0.3 is 0 Å². The van der Waals surface area contributed by atoms with Gasteiger partial charge < -0.3 is 29.4 Å². The number of nitrogens with zero attached hydrogens (tertiary/aromatic N) is 3. The average molecular weight is 539 g/mol. The Kier molecular flexibility index (Phi) is 11.4. The lowest BCUT2D eigenvalue weighted by atomic mass is 10.00. The maximum absolute atomic E-state index is 13.8. The molecular weight excluding hydrogens is 496 g/mol. The highest BCUT2D eigenvalue weighted by atomic mass is 16.5. The SMILES string of the molecule is CC.COc1ccc(CNC(=O)C(c2cn(C)cn2)N(C(=O)CCc2ccc(O)cc2)C2CCOCC2)cc1.[HH]. The topological polar surface area (TPSA) is 106 Å². The average Bonchev–Trinajstić information content (AvgIpc) is 3.41. The maximum atomic E-state index is 13.8. The number of hydrogen-bond acceptors (Lipinski definition) is 6. The molecular formula is C30H42N4O5. The number of methoxy groups -OCH3 is 1. The van der Waals surface area contributed by atoms with Crippen molar-refractivity contribution >= 4 is 11.8 Å². The molecule has 0 aliphatic carbocycles. The van der Waals surface area contributed by atoms with Crippen LogP contribution in [0.15, 0.2) is 61.1 Å². The van der Waals surface area contributed by atoms with Crippen LogP contribution in [0.25, 0.3) is 0 Å². The van der Waals surface area contributed by atoms with Gasteiger partial charge in [0.2, 0.25) is 11.8 Å². The summed E-state index contributed by atoms with van der Waals surface area (Å²) < 4.78 is 12.5. The van der Waals surface area contributed by atoms with Gasteiger partial charge in [-0.15, -0.1) is 0 Å². The molecule has 39 heavy (non-hydrogen) atoms. The number of hydrogen-bond donors (Lipinski definition) is 2. The number of carbonyl (C=O) groups is 2. The van der Waals surface area contributed by atoms with Crippen molar-refractivity contribution < 1.29 is 25.6 Å². The lowest BCUT2D eigenvalue weighted by Crippen LogP contribution is -2.50. The van der Waals surface area contributed by atoms with Gasteiger partial charge in [0.1, 0.15) is 11.5 Å². The summed E-state index contributed by atoms with van der Waals surface area (Å²) >= 11 is 0. The first kappa shape index (κ1) is 29.7. The number of phenolic OH excluding ortho intramolecular Hbond substituents is 1. The molecule has 0 saturated carbocycles. The van der Waals surface area contributed by atoms with Crippen LogP contribution >= 0.6 is 0 Å². The quantitative estimate of drug-likeness (QED) is 0.396. The van der Waals surface area contributed by atoms with E-state index in [1.54, 1.807) is 53.4 Å². The first-order chi connectivity index (χ1) is 18.9. The van der Waals surface area contributed by atoms with Gasteiger partial charge in [-0.2, -0.15) is 0 Å². The van der Waals surface area contributed by atoms with Gasteiger partial charge in [-0.1, -0.05) is 38.1 Å². The number of carbonyl (C=O) groups excluding carboxylic acids is 2. The minimum atomic E-state index is -0.866. The molecule has 4 rings (SSSR count). The third-order valence-electron chi connectivity index (χ3n) is 6.59. The molecule has 0 bridgehead atoms. The van der Waals surface area contributed by atoms with Gasteiger partial charge in [-0.25, -0.2) is 4.98 Å². The molecule has 1 unspecified atom stereocenters. The van der Waals surface area contributed by atoms with Crippen molar-refractivity contribution in [2.45, 2.75) is 58.2 Å². The number of aryl methyl sites for hydroxylation is 2. The summed E-state index contributed by atoms with van der Waals surface area (Å²) in [6.07, 6.45) is 5.47. The molecule has 3 aromatic rings. The number of aromatic nitrogens is 2. The summed E-state index contributed by atoms with van der Waals surface area (Å²) in [5.41, 5.74) is 2.39. The Hall–Kier alpha value is -3.85. The van der Waals surface area contributed by atoms with Crippen LogP contribution in [-0.4, -0.2) is 57.7 Å². The molecule has 1 atom stereocenters. The Morgan fingerprint density at radius 1 is 1.13 bits per heavy atom. The van der Waals surface area contributed by atoms with E-state index in [4.69, 9.17) is 9.47 Å². The van der Waals surface area contributed by atoms with E-state index in [0.29, 0.717) is 44.7 Å². The van der Waals surface area contributed by atoms with E-state index in [-0.39, 0.29) is 31.5 Å².